The van der Waals surface area contributed by atoms with E-state index < -0.39 is 0 Å². The topological polar surface area (TPSA) is 67.2 Å². The van der Waals surface area contributed by atoms with Gasteiger partial charge < -0.3 is 9.80 Å². The number of aromatic nitrogens is 4. The molecule has 23 heavy (non-hydrogen) atoms. The summed E-state index contributed by atoms with van der Waals surface area (Å²) in [4.78, 5) is 25.2. The van der Waals surface area contributed by atoms with Gasteiger partial charge in [0.05, 0.1) is 23.7 Å². The van der Waals surface area contributed by atoms with Crippen molar-refractivity contribution >= 4 is 22.8 Å². The third kappa shape index (κ3) is 2.26. The van der Waals surface area contributed by atoms with Gasteiger partial charge >= 0.3 is 0 Å². The molecule has 2 fully saturated rings. The number of hydrogen-bond acceptors (Lipinski definition) is 5. The molecule has 0 saturated carbocycles. The summed E-state index contributed by atoms with van der Waals surface area (Å²) in [5.74, 6) is 1.15. The van der Waals surface area contributed by atoms with E-state index in [0.717, 1.165) is 55.6 Å². The summed E-state index contributed by atoms with van der Waals surface area (Å²) in [6.07, 6.45) is 7.89. The van der Waals surface area contributed by atoms with Gasteiger partial charge in [0.2, 0.25) is 5.91 Å². The Balaban J connectivity index is 1.71. The standard InChI is InChI=1S/C16H22N6O/c1-11(23)21-7-3-5-13(21)14-6-4-8-22(14)16-12-9-19-20(2)15(12)17-10-18-16/h9-10,13-14H,3-8H2,1-2H3/t13-,14+/m1/s1. The molecule has 0 unspecified atom stereocenters. The number of carbonyl (C=O) groups excluding carboxylic acids is 1. The van der Waals surface area contributed by atoms with Crippen LogP contribution < -0.4 is 4.90 Å². The molecule has 4 rings (SSSR count). The maximum Gasteiger partial charge on any atom is 0.219 e. The van der Waals surface area contributed by atoms with Gasteiger partial charge in [0, 0.05) is 27.1 Å². The SMILES string of the molecule is CC(=O)N1CCC[C@@H]1[C@@H]1CCCN1c1ncnc2c1cnn2C. The van der Waals surface area contributed by atoms with Gasteiger partial charge in [-0.3, -0.25) is 9.48 Å². The van der Waals surface area contributed by atoms with E-state index in [1.165, 1.54) is 0 Å². The summed E-state index contributed by atoms with van der Waals surface area (Å²) in [5, 5.41) is 5.31. The highest BCUT2D eigenvalue weighted by Crippen LogP contribution is 2.35. The zero-order chi connectivity index (χ0) is 16.0. The van der Waals surface area contributed by atoms with Gasteiger partial charge in [-0.05, 0) is 25.7 Å². The van der Waals surface area contributed by atoms with Crippen LogP contribution in [0, 0.1) is 0 Å². The fourth-order valence-corrected chi connectivity index (χ4v) is 4.22. The molecule has 2 aliphatic rings. The van der Waals surface area contributed by atoms with Crippen molar-refractivity contribution in [3.8, 4) is 0 Å². The molecule has 122 valence electrons. The summed E-state index contributed by atoms with van der Waals surface area (Å²) in [6, 6.07) is 0.649. The number of hydrogen-bond donors (Lipinski definition) is 0. The van der Waals surface area contributed by atoms with Crippen LogP contribution in [0.4, 0.5) is 5.82 Å². The summed E-state index contributed by atoms with van der Waals surface area (Å²) in [6.45, 7) is 3.55. The van der Waals surface area contributed by atoms with E-state index in [0.29, 0.717) is 12.1 Å². The van der Waals surface area contributed by atoms with E-state index in [1.807, 2.05) is 18.1 Å². The molecule has 0 radical (unpaired) electrons. The minimum atomic E-state index is 0.188. The highest BCUT2D eigenvalue weighted by molar-refractivity contribution is 5.87. The van der Waals surface area contributed by atoms with Crippen LogP contribution in [0.3, 0.4) is 0 Å². The molecule has 2 aromatic heterocycles. The molecular weight excluding hydrogens is 292 g/mol. The van der Waals surface area contributed by atoms with Crippen LogP contribution in [0.5, 0.6) is 0 Å². The molecule has 7 nitrogen and oxygen atoms in total. The average Bonchev–Trinajstić information content (AvgIpc) is 3.25. The maximum atomic E-state index is 11.9. The molecule has 0 aliphatic carbocycles. The van der Waals surface area contributed by atoms with E-state index in [-0.39, 0.29) is 5.91 Å². The Morgan fingerprint density at radius 3 is 2.78 bits per heavy atom. The number of aryl methyl sites for hydroxylation is 1. The maximum absolute atomic E-state index is 11.9. The predicted molar refractivity (Wildman–Crippen MR) is 87.1 cm³/mol. The first kappa shape index (κ1) is 14.4. The van der Waals surface area contributed by atoms with Crippen molar-refractivity contribution in [1.82, 2.24) is 24.6 Å². The lowest BCUT2D eigenvalue weighted by Gasteiger charge is -2.35. The molecule has 2 saturated heterocycles. The molecule has 7 heteroatoms. The zero-order valence-electron chi connectivity index (χ0n) is 13.6. The molecular formula is C16H22N6O. The van der Waals surface area contributed by atoms with Crippen LogP contribution in [-0.4, -0.2) is 55.7 Å². The molecule has 4 heterocycles. The molecule has 0 aromatic carbocycles. The summed E-state index contributed by atoms with van der Waals surface area (Å²) >= 11 is 0. The van der Waals surface area contributed by atoms with Gasteiger partial charge in [0.1, 0.15) is 12.1 Å². The van der Waals surface area contributed by atoms with Crippen molar-refractivity contribution in [1.29, 1.82) is 0 Å². The highest BCUT2D eigenvalue weighted by Gasteiger charge is 2.39. The molecule has 0 bridgehead atoms. The first-order chi connectivity index (χ1) is 11.2. The first-order valence-corrected chi connectivity index (χ1v) is 8.33. The Kier molecular flexibility index (Phi) is 3.43. The van der Waals surface area contributed by atoms with E-state index in [4.69, 9.17) is 0 Å². The van der Waals surface area contributed by atoms with Crippen LogP contribution in [0.1, 0.15) is 32.6 Å². The monoisotopic (exact) mass is 314 g/mol. The van der Waals surface area contributed by atoms with Crippen molar-refractivity contribution in [3.63, 3.8) is 0 Å². The lowest BCUT2D eigenvalue weighted by molar-refractivity contribution is -0.129. The van der Waals surface area contributed by atoms with Gasteiger partial charge in [-0.25, -0.2) is 9.97 Å². The van der Waals surface area contributed by atoms with Crippen molar-refractivity contribution in [3.05, 3.63) is 12.5 Å². The van der Waals surface area contributed by atoms with Crippen molar-refractivity contribution in [2.24, 2.45) is 7.05 Å². The van der Waals surface area contributed by atoms with Crippen molar-refractivity contribution in [2.75, 3.05) is 18.0 Å². The lowest BCUT2D eigenvalue weighted by Crippen LogP contribution is -2.48. The van der Waals surface area contributed by atoms with Crippen molar-refractivity contribution in [2.45, 2.75) is 44.7 Å². The van der Waals surface area contributed by atoms with Gasteiger partial charge in [-0.2, -0.15) is 5.10 Å². The van der Waals surface area contributed by atoms with Gasteiger partial charge in [0.25, 0.3) is 0 Å². The largest absolute Gasteiger partial charge is 0.351 e. The average molecular weight is 314 g/mol. The van der Waals surface area contributed by atoms with Gasteiger partial charge in [0.15, 0.2) is 5.65 Å². The third-order valence-corrected chi connectivity index (χ3v) is 5.23. The number of amides is 1. The predicted octanol–water partition coefficient (Wildman–Crippen LogP) is 1.34. The Labute approximate surface area is 135 Å². The Morgan fingerprint density at radius 1 is 1.17 bits per heavy atom. The molecule has 2 aromatic rings. The second-order valence-corrected chi connectivity index (χ2v) is 6.53. The van der Waals surface area contributed by atoms with Crippen LogP contribution in [-0.2, 0) is 11.8 Å². The zero-order valence-corrected chi connectivity index (χ0v) is 13.6. The molecule has 1 amide bonds. The highest BCUT2D eigenvalue weighted by atomic mass is 16.2. The van der Waals surface area contributed by atoms with Crippen LogP contribution in [0.2, 0.25) is 0 Å². The van der Waals surface area contributed by atoms with Gasteiger partial charge in [-0.1, -0.05) is 0 Å². The van der Waals surface area contributed by atoms with Gasteiger partial charge in [-0.15, -0.1) is 0 Å². The Morgan fingerprint density at radius 2 is 1.96 bits per heavy atom. The molecule has 2 aliphatic heterocycles. The van der Waals surface area contributed by atoms with Crippen LogP contribution in [0.15, 0.2) is 12.5 Å². The summed E-state index contributed by atoms with van der Waals surface area (Å²) in [7, 11) is 1.90. The van der Waals surface area contributed by atoms with E-state index in [1.54, 1.807) is 17.9 Å². The van der Waals surface area contributed by atoms with E-state index in [2.05, 4.69) is 20.0 Å². The summed E-state index contributed by atoms with van der Waals surface area (Å²) < 4.78 is 1.78. The normalized spacial score (nSPS) is 24.8. The fourth-order valence-electron chi connectivity index (χ4n) is 4.22. The number of anilines is 1. The van der Waals surface area contributed by atoms with Crippen LogP contribution >= 0.6 is 0 Å². The van der Waals surface area contributed by atoms with Crippen LogP contribution in [0.25, 0.3) is 11.0 Å². The Hall–Kier alpha value is -2.18. The quantitative estimate of drug-likeness (QED) is 0.837. The second kappa shape index (κ2) is 5.47. The third-order valence-electron chi connectivity index (χ3n) is 5.23. The minimum absolute atomic E-state index is 0.188. The minimum Gasteiger partial charge on any atom is -0.351 e. The number of carbonyl (C=O) groups is 1. The fraction of sp³-hybridized carbons (Fsp3) is 0.625. The molecule has 0 spiro atoms. The molecule has 0 N–H and O–H groups in total. The number of nitrogens with zero attached hydrogens (tertiary/aromatic N) is 6. The van der Waals surface area contributed by atoms with E-state index >= 15 is 0 Å². The second-order valence-electron chi connectivity index (χ2n) is 6.53. The first-order valence-electron chi connectivity index (χ1n) is 8.33. The number of rotatable bonds is 2. The lowest BCUT2D eigenvalue weighted by atomic mass is 10.0. The van der Waals surface area contributed by atoms with Crippen molar-refractivity contribution < 1.29 is 4.79 Å². The smallest absolute Gasteiger partial charge is 0.219 e. The Bertz CT molecular complexity index is 741. The summed E-state index contributed by atoms with van der Waals surface area (Å²) in [5.41, 5.74) is 0.857. The van der Waals surface area contributed by atoms with E-state index in [9.17, 15) is 4.79 Å². The number of likely N-dealkylation sites (tertiary alicyclic amines) is 1. The molecule has 2 atom stereocenters. The number of fused-ring (bicyclic) bond motifs is 1.